The molecule has 47 valence electrons. The molecule has 0 amide bonds. The van der Waals surface area contributed by atoms with Gasteiger partial charge in [0.25, 0.3) is 0 Å². The Morgan fingerprint density at radius 1 is 1.50 bits per heavy atom. The molecule has 0 aliphatic heterocycles. The molecule has 1 nitrogen and oxygen atoms in total. The predicted octanol–water partition coefficient (Wildman–Crippen LogP) is 2.20. The van der Waals surface area contributed by atoms with Gasteiger partial charge in [-0.15, -0.1) is 0 Å². The van der Waals surface area contributed by atoms with Crippen molar-refractivity contribution >= 4 is 12.0 Å². The maximum atomic E-state index is 8.61. The van der Waals surface area contributed by atoms with E-state index in [0.29, 0.717) is 11.2 Å². The second-order valence-corrected chi connectivity index (χ2v) is 3.15. The first-order chi connectivity index (χ1) is 3.84. The summed E-state index contributed by atoms with van der Waals surface area (Å²) in [6, 6.07) is 0. The van der Waals surface area contributed by atoms with Gasteiger partial charge in [0.2, 0.25) is 0 Å². The fourth-order valence-electron chi connectivity index (χ4n) is 1.14. The Kier molecular flexibility index (Phi) is 2.20. The Morgan fingerprint density at radius 3 is 2.50 bits per heavy atom. The van der Waals surface area contributed by atoms with Crippen molar-refractivity contribution in [3.8, 4) is 0 Å². The van der Waals surface area contributed by atoms with Crippen molar-refractivity contribution in [1.82, 2.24) is 0 Å². The normalized spacial score (nSPS) is 38.2. The lowest BCUT2D eigenvalue weighted by Gasteiger charge is -2.07. The summed E-state index contributed by atoms with van der Waals surface area (Å²) in [6.45, 7) is 3.91. The minimum absolute atomic E-state index is 0.426. The van der Waals surface area contributed by atoms with Crippen molar-refractivity contribution in [2.75, 3.05) is 0 Å². The van der Waals surface area contributed by atoms with E-state index in [9.17, 15) is 0 Å². The lowest BCUT2D eigenvalue weighted by atomic mass is 10.1. The highest BCUT2D eigenvalue weighted by Crippen LogP contribution is 2.32. The molecule has 0 bridgehead atoms. The Labute approximate surface area is 54.7 Å². The van der Waals surface area contributed by atoms with Gasteiger partial charge < -0.3 is 4.55 Å². The summed E-state index contributed by atoms with van der Waals surface area (Å²) in [7, 11) is 0. The summed E-state index contributed by atoms with van der Waals surface area (Å²) in [6.07, 6.45) is 3.58. The molecule has 0 aromatic heterocycles. The Hall–Kier alpha value is 0.310. The molecular formula is C6H11OS. The molecule has 0 aromatic rings. The Balaban J connectivity index is 2.30. The highest BCUT2D eigenvalue weighted by atomic mass is 32.2. The molecule has 2 atom stereocenters. The van der Waals surface area contributed by atoms with E-state index in [1.54, 1.807) is 0 Å². The van der Waals surface area contributed by atoms with Crippen LogP contribution in [-0.2, 0) is 0 Å². The summed E-state index contributed by atoms with van der Waals surface area (Å²) in [5.41, 5.74) is 0. The molecule has 1 radical (unpaired) electrons. The number of hydrogen-bond acceptors (Lipinski definition) is 2. The second-order valence-electron chi connectivity index (χ2n) is 2.33. The molecule has 1 aliphatic rings. The molecule has 1 N–H and O–H groups in total. The third-order valence-corrected chi connectivity index (χ3v) is 2.62. The van der Waals surface area contributed by atoms with Gasteiger partial charge in [-0.1, -0.05) is 6.42 Å². The molecule has 0 spiro atoms. The van der Waals surface area contributed by atoms with Crippen LogP contribution in [0.25, 0.3) is 0 Å². The zero-order valence-electron chi connectivity index (χ0n) is 4.84. The van der Waals surface area contributed by atoms with Crippen molar-refractivity contribution in [2.45, 2.75) is 24.5 Å². The maximum absolute atomic E-state index is 8.61. The first-order valence-corrected chi connectivity index (χ1v) is 3.81. The topological polar surface area (TPSA) is 20.2 Å². The summed E-state index contributed by atoms with van der Waals surface area (Å²) in [5.74, 6) is 0.491. The minimum atomic E-state index is 0.426. The van der Waals surface area contributed by atoms with Crippen LogP contribution in [0.1, 0.15) is 19.3 Å². The first-order valence-electron chi connectivity index (χ1n) is 2.98. The third-order valence-electron chi connectivity index (χ3n) is 1.72. The van der Waals surface area contributed by atoms with E-state index in [4.69, 9.17) is 4.55 Å². The van der Waals surface area contributed by atoms with Crippen LogP contribution in [0.5, 0.6) is 0 Å². The second kappa shape index (κ2) is 2.74. The average molecular weight is 131 g/mol. The summed E-state index contributed by atoms with van der Waals surface area (Å²) in [5, 5.41) is 0.426. The maximum Gasteiger partial charge on any atom is 0.0336 e. The average Bonchev–Trinajstić information content (AvgIpc) is 2.14. The van der Waals surface area contributed by atoms with Crippen molar-refractivity contribution < 1.29 is 4.55 Å². The SMILES string of the molecule is [CH2]C1CCCC1SO. The van der Waals surface area contributed by atoms with Gasteiger partial charge >= 0.3 is 0 Å². The highest BCUT2D eigenvalue weighted by molar-refractivity contribution is 7.94. The first kappa shape index (κ1) is 6.43. The van der Waals surface area contributed by atoms with Gasteiger partial charge in [-0.05, 0) is 37.7 Å². The van der Waals surface area contributed by atoms with Gasteiger partial charge in [-0.25, -0.2) is 0 Å². The fraction of sp³-hybridized carbons (Fsp3) is 0.833. The molecule has 0 heterocycles. The summed E-state index contributed by atoms with van der Waals surface area (Å²) in [4.78, 5) is 0. The van der Waals surface area contributed by atoms with Gasteiger partial charge in [0, 0.05) is 5.25 Å². The molecule has 1 fully saturated rings. The van der Waals surface area contributed by atoms with Crippen molar-refractivity contribution in [2.24, 2.45) is 5.92 Å². The third kappa shape index (κ3) is 1.17. The van der Waals surface area contributed by atoms with Crippen LogP contribution in [-0.4, -0.2) is 9.80 Å². The van der Waals surface area contributed by atoms with E-state index >= 15 is 0 Å². The van der Waals surface area contributed by atoms with E-state index in [-0.39, 0.29) is 0 Å². The molecule has 2 heteroatoms. The van der Waals surface area contributed by atoms with E-state index in [2.05, 4.69) is 6.92 Å². The predicted molar refractivity (Wildman–Crippen MR) is 36.7 cm³/mol. The van der Waals surface area contributed by atoms with E-state index in [0.717, 1.165) is 18.5 Å². The Morgan fingerprint density at radius 2 is 2.25 bits per heavy atom. The van der Waals surface area contributed by atoms with Crippen LogP contribution < -0.4 is 0 Å². The van der Waals surface area contributed by atoms with E-state index in [1.165, 1.54) is 12.8 Å². The van der Waals surface area contributed by atoms with Crippen molar-refractivity contribution in [3.05, 3.63) is 6.92 Å². The number of hydrogen-bond donors (Lipinski definition) is 1. The molecule has 1 saturated carbocycles. The zero-order chi connectivity index (χ0) is 5.98. The van der Waals surface area contributed by atoms with Crippen LogP contribution in [0.15, 0.2) is 0 Å². The monoisotopic (exact) mass is 131 g/mol. The van der Waals surface area contributed by atoms with E-state index in [1.807, 2.05) is 0 Å². The van der Waals surface area contributed by atoms with Gasteiger partial charge in [-0.2, -0.15) is 0 Å². The molecule has 8 heavy (non-hydrogen) atoms. The van der Waals surface area contributed by atoms with Crippen LogP contribution in [0.2, 0.25) is 0 Å². The van der Waals surface area contributed by atoms with Gasteiger partial charge in [-0.3, -0.25) is 0 Å². The van der Waals surface area contributed by atoms with Crippen LogP contribution >= 0.6 is 12.0 Å². The smallest absolute Gasteiger partial charge is 0.0336 e. The molecule has 1 aliphatic carbocycles. The van der Waals surface area contributed by atoms with Crippen LogP contribution in [0.4, 0.5) is 0 Å². The van der Waals surface area contributed by atoms with Gasteiger partial charge in [0.05, 0.1) is 0 Å². The lowest BCUT2D eigenvalue weighted by molar-refractivity contribution is 0.618. The van der Waals surface area contributed by atoms with Crippen LogP contribution in [0, 0.1) is 12.8 Å². The van der Waals surface area contributed by atoms with E-state index < -0.39 is 0 Å². The molecule has 0 aromatic carbocycles. The van der Waals surface area contributed by atoms with Crippen LogP contribution in [0.3, 0.4) is 0 Å². The van der Waals surface area contributed by atoms with Crippen molar-refractivity contribution in [3.63, 3.8) is 0 Å². The molecule has 0 saturated heterocycles. The highest BCUT2D eigenvalue weighted by Gasteiger charge is 2.22. The lowest BCUT2D eigenvalue weighted by Crippen LogP contribution is -2.04. The molecular weight excluding hydrogens is 120 g/mol. The molecule has 1 rings (SSSR count). The van der Waals surface area contributed by atoms with Gasteiger partial charge in [0.1, 0.15) is 0 Å². The summed E-state index contributed by atoms with van der Waals surface area (Å²) < 4.78 is 8.61. The largest absolute Gasteiger partial charge is 0.330 e. The standard InChI is InChI=1S/C6H11OS/c1-5-3-2-4-6(5)8-7/h5-7H,1-4H2. The molecule has 2 unspecified atom stereocenters. The zero-order valence-corrected chi connectivity index (χ0v) is 5.66. The minimum Gasteiger partial charge on any atom is -0.330 e. The van der Waals surface area contributed by atoms with Crippen molar-refractivity contribution in [1.29, 1.82) is 0 Å². The quantitative estimate of drug-likeness (QED) is 0.550. The van der Waals surface area contributed by atoms with Gasteiger partial charge in [0.15, 0.2) is 0 Å². The summed E-state index contributed by atoms with van der Waals surface area (Å²) >= 11 is 0.978. The number of rotatable bonds is 1. The Bertz CT molecular complexity index is 74.9. The fourth-order valence-corrected chi connectivity index (χ4v) is 1.72.